The summed E-state index contributed by atoms with van der Waals surface area (Å²) in [5.74, 6) is 1.25. The zero-order chi connectivity index (χ0) is 27.2. The Labute approximate surface area is 227 Å². The first-order valence-electron chi connectivity index (χ1n) is 12.1. The Morgan fingerprint density at radius 2 is 1.59 bits per heavy atom. The summed E-state index contributed by atoms with van der Waals surface area (Å²) in [4.78, 5) is 29.1. The molecule has 1 radical (unpaired) electrons. The number of nitrogens with one attached hydrogen (secondary N) is 2. The number of oxazole rings is 3. The molecule has 0 amide bonds. The van der Waals surface area contributed by atoms with Gasteiger partial charge in [-0.15, -0.1) is 5.10 Å². The summed E-state index contributed by atoms with van der Waals surface area (Å²) in [5, 5.41) is 14.7. The van der Waals surface area contributed by atoms with Gasteiger partial charge in [0, 0.05) is 35.0 Å². The minimum absolute atomic E-state index is 0.139. The van der Waals surface area contributed by atoms with Crippen molar-refractivity contribution in [3.63, 3.8) is 0 Å². The third-order valence-corrected chi connectivity index (χ3v) is 6.19. The van der Waals surface area contributed by atoms with E-state index in [4.69, 9.17) is 22.6 Å². The standard InChI is InChI=1S/C26H14N10O5/c1-2-6-27-15(3-1)20-13(4-7-28-20)14-5-8-29-21(14)25-30-9-19(40-25)24-31-16(10-37-24)17-11-38-26(32-17)22-23(41-36-34-22)18-12-39-35-33-18/h1-12,28-29H/q+1. The van der Waals surface area contributed by atoms with Crippen LogP contribution in [0.15, 0.2) is 96.8 Å². The highest BCUT2D eigenvalue weighted by Gasteiger charge is 2.29. The molecule has 7 aromatic heterocycles. The molecule has 0 atom stereocenters. The molecule has 1 aliphatic heterocycles. The molecule has 15 heteroatoms. The van der Waals surface area contributed by atoms with Gasteiger partial charge in [-0.3, -0.25) is 4.98 Å². The van der Waals surface area contributed by atoms with Crippen molar-refractivity contribution < 1.29 is 22.6 Å². The van der Waals surface area contributed by atoms with Gasteiger partial charge >= 0.3 is 5.28 Å². The molecule has 0 spiro atoms. The molecule has 197 valence electrons. The molecular formula is C26H14N10O5+. The molecule has 0 saturated heterocycles. The highest BCUT2D eigenvalue weighted by atomic mass is 16.6. The maximum absolute atomic E-state index is 6.05. The molecule has 2 N–H and O–H groups in total. The van der Waals surface area contributed by atoms with Crippen LogP contribution in [-0.4, -0.2) is 40.3 Å². The Morgan fingerprint density at radius 1 is 0.780 bits per heavy atom. The number of rotatable bonds is 7. The van der Waals surface area contributed by atoms with E-state index < -0.39 is 0 Å². The Kier molecular flexibility index (Phi) is 5.03. The molecule has 0 aromatic carbocycles. The highest BCUT2D eigenvalue weighted by Crippen LogP contribution is 2.37. The predicted octanol–water partition coefficient (Wildman–Crippen LogP) is 5.12. The van der Waals surface area contributed by atoms with Crippen molar-refractivity contribution in [3.8, 4) is 68.7 Å². The molecule has 15 nitrogen and oxygen atoms in total. The van der Waals surface area contributed by atoms with Gasteiger partial charge in [0.2, 0.25) is 29.4 Å². The first-order chi connectivity index (χ1) is 20.3. The SMILES string of the molecule is C1=C(c2onnc2-c2nc(-c3coc(-c4cnc(-c5[nH]ccc5-c5cc[nH]c5-c5ccccn5)o4)n3)co2)N=[N+]O1. The summed E-state index contributed by atoms with van der Waals surface area (Å²) in [5.41, 5.74) is 5.56. The van der Waals surface area contributed by atoms with Gasteiger partial charge in [0.05, 0.1) is 17.6 Å². The van der Waals surface area contributed by atoms with Crippen LogP contribution < -0.4 is 5.28 Å². The van der Waals surface area contributed by atoms with E-state index in [1.165, 1.54) is 18.8 Å². The maximum atomic E-state index is 6.05. The smallest absolute Gasteiger partial charge is 0.442 e. The number of pyridine rings is 1. The Morgan fingerprint density at radius 3 is 2.39 bits per heavy atom. The van der Waals surface area contributed by atoms with Crippen molar-refractivity contribution in [2.24, 2.45) is 5.11 Å². The predicted molar refractivity (Wildman–Crippen MR) is 137 cm³/mol. The van der Waals surface area contributed by atoms with Crippen molar-refractivity contribution in [3.05, 3.63) is 79.7 Å². The lowest BCUT2D eigenvalue weighted by Crippen LogP contribution is -1.87. The number of H-pyrrole nitrogens is 2. The van der Waals surface area contributed by atoms with Crippen molar-refractivity contribution >= 4 is 5.70 Å². The Bertz CT molecular complexity index is 2060. The van der Waals surface area contributed by atoms with E-state index in [2.05, 4.69) is 50.7 Å². The van der Waals surface area contributed by atoms with E-state index in [9.17, 15) is 0 Å². The van der Waals surface area contributed by atoms with Gasteiger partial charge in [-0.2, -0.15) is 4.84 Å². The summed E-state index contributed by atoms with van der Waals surface area (Å²) in [6.45, 7) is 0. The minimum atomic E-state index is 0.139. The van der Waals surface area contributed by atoms with Crippen molar-refractivity contribution in [2.45, 2.75) is 0 Å². The topological polar surface area (TPSA) is 197 Å². The van der Waals surface area contributed by atoms with Crippen LogP contribution in [0.1, 0.15) is 5.76 Å². The zero-order valence-corrected chi connectivity index (χ0v) is 20.5. The highest BCUT2D eigenvalue weighted by molar-refractivity contribution is 5.86. The van der Waals surface area contributed by atoms with Gasteiger partial charge in [0.25, 0.3) is 11.8 Å². The molecule has 8 rings (SSSR count). The number of aromatic nitrogens is 8. The van der Waals surface area contributed by atoms with E-state index >= 15 is 0 Å². The van der Waals surface area contributed by atoms with Crippen molar-refractivity contribution in [2.75, 3.05) is 0 Å². The fraction of sp³-hybridized carbons (Fsp3) is 0. The molecule has 0 fully saturated rings. The average Bonchev–Trinajstić information content (AvgIpc) is 3.86. The molecule has 0 unspecified atom stereocenters. The molecule has 7 aromatic rings. The molecule has 41 heavy (non-hydrogen) atoms. The lowest BCUT2D eigenvalue weighted by atomic mass is 10.0. The molecule has 0 bridgehead atoms. The van der Waals surface area contributed by atoms with Crippen LogP contribution in [0.3, 0.4) is 0 Å². The number of aromatic amines is 2. The average molecular weight is 546 g/mol. The van der Waals surface area contributed by atoms with E-state index in [1.807, 2.05) is 42.7 Å². The first kappa shape index (κ1) is 22.6. The second-order valence-electron chi connectivity index (χ2n) is 8.59. The fourth-order valence-corrected chi connectivity index (χ4v) is 4.34. The summed E-state index contributed by atoms with van der Waals surface area (Å²) in [7, 11) is 0. The molecule has 0 saturated carbocycles. The summed E-state index contributed by atoms with van der Waals surface area (Å²) < 4.78 is 22.4. The third-order valence-electron chi connectivity index (χ3n) is 6.19. The van der Waals surface area contributed by atoms with Crippen LogP contribution >= 0.6 is 0 Å². The molecular weight excluding hydrogens is 532 g/mol. The van der Waals surface area contributed by atoms with E-state index in [0.717, 1.165) is 22.5 Å². The normalized spacial score (nSPS) is 12.6. The van der Waals surface area contributed by atoms with Crippen molar-refractivity contribution in [1.82, 2.24) is 45.6 Å². The van der Waals surface area contributed by atoms with E-state index in [-0.39, 0.29) is 23.2 Å². The summed E-state index contributed by atoms with van der Waals surface area (Å²) in [6.07, 6.45) is 11.1. The molecule has 8 heterocycles. The van der Waals surface area contributed by atoms with Gasteiger partial charge < -0.3 is 27.7 Å². The Balaban J connectivity index is 1.07. The number of nitrogens with zero attached hydrogens (tertiary/aromatic N) is 8. The van der Waals surface area contributed by atoms with Crippen LogP contribution in [0, 0.1) is 0 Å². The Hall–Kier alpha value is -6.38. The van der Waals surface area contributed by atoms with Crippen molar-refractivity contribution in [1.29, 1.82) is 0 Å². The fourth-order valence-electron chi connectivity index (χ4n) is 4.34. The zero-order valence-electron chi connectivity index (χ0n) is 20.5. The van der Waals surface area contributed by atoms with Crippen LogP contribution in [0.4, 0.5) is 0 Å². The third kappa shape index (κ3) is 3.84. The molecule has 1 aliphatic rings. The van der Waals surface area contributed by atoms with Crippen LogP contribution in [0.2, 0.25) is 0 Å². The van der Waals surface area contributed by atoms with Gasteiger partial charge in [-0.1, -0.05) is 6.07 Å². The van der Waals surface area contributed by atoms with Gasteiger partial charge in [0.15, 0.2) is 5.69 Å². The van der Waals surface area contributed by atoms with Gasteiger partial charge in [-0.25, -0.2) is 15.0 Å². The summed E-state index contributed by atoms with van der Waals surface area (Å²) >= 11 is 0. The van der Waals surface area contributed by atoms with E-state index in [0.29, 0.717) is 34.4 Å². The van der Waals surface area contributed by atoms with Crippen LogP contribution in [0.25, 0.3) is 74.4 Å². The second kappa shape index (κ2) is 9.12. The van der Waals surface area contributed by atoms with Crippen LogP contribution in [-0.2, 0) is 4.84 Å². The first-order valence-corrected chi connectivity index (χ1v) is 12.1. The monoisotopic (exact) mass is 546 g/mol. The quantitative estimate of drug-likeness (QED) is 0.269. The molecule has 0 aliphatic carbocycles. The second-order valence-corrected chi connectivity index (χ2v) is 8.59. The number of hydrogen-bond acceptors (Lipinski definition) is 13. The van der Waals surface area contributed by atoms with Gasteiger partial charge in [-0.05, 0) is 24.3 Å². The maximum Gasteiger partial charge on any atom is 0.467 e. The van der Waals surface area contributed by atoms with Crippen LogP contribution in [0.5, 0.6) is 0 Å². The summed E-state index contributed by atoms with van der Waals surface area (Å²) in [6, 6.07) is 9.69. The minimum Gasteiger partial charge on any atom is -0.442 e. The number of hydrogen-bond donors (Lipinski definition) is 2. The van der Waals surface area contributed by atoms with E-state index in [1.54, 1.807) is 12.4 Å². The van der Waals surface area contributed by atoms with Gasteiger partial charge in [0.1, 0.15) is 34.7 Å². The lowest BCUT2D eigenvalue weighted by Gasteiger charge is -2.04. The lowest BCUT2D eigenvalue weighted by molar-refractivity contribution is 0.199. The largest absolute Gasteiger partial charge is 0.467 e.